The summed E-state index contributed by atoms with van der Waals surface area (Å²) in [6.07, 6.45) is 0. The molecule has 0 saturated carbocycles. The smallest absolute Gasteiger partial charge is 0.248 e. The molecule has 1 N–H and O–H groups in total. The van der Waals surface area contributed by atoms with E-state index in [0.29, 0.717) is 23.0 Å². The third-order valence-electron chi connectivity index (χ3n) is 3.87. The highest BCUT2D eigenvalue weighted by Gasteiger charge is 2.10. The molecule has 0 bridgehead atoms. The van der Waals surface area contributed by atoms with E-state index >= 15 is 0 Å². The van der Waals surface area contributed by atoms with Gasteiger partial charge in [-0.15, -0.1) is 10.2 Å². The molecule has 7 heteroatoms. The lowest BCUT2D eigenvalue weighted by molar-refractivity contribution is -0.117. The molecule has 0 aliphatic heterocycles. The zero-order valence-corrected chi connectivity index (χ0v) is 14.5. The van der Waals surface area contributed by atoms with Crippen LogP contribution in [0.1, 0.15) is 30.9 Å². The van der Waals surface area contributed by atoms with Gasteiger partial charge in [0.1, 0.15) is 6.54 Å². The number of nitriles is 1. The van der Waals surface area contributed by atoms with Gasteiger partial charge in [-0.1, -0.05) is 38.1 Å². The van der Waals surface area contributed by atoms with Crippen LogP contribution in [0.3, 0.4) is 0 Å². The Hall–Kier alpha value is -3.53. The van der Waals surface area contributed by atoms with Crippen molar-refractivity contribution in [3.8, 4) is 17.5 Å². The van der Waals surface area contributed by atoms with Crippen molar-refractivity contribution >= 4 is 11.6 Å². The Labute approximate surface area is 151 Å². The molecule has 0 saturated heterocycles. The van der Waals surface area contributed by atoms with Gasteiger partial charge in [0.05, 0.1) is 11.6 Å². The lowest BCUT2D eigenvalue weighted by Crippen LogP contribution is -2.20. The molecule has 0 radical (unpaired) electrons. The van der Waals surface area contributed by atoms with Crippen LogP contribution < -0.4 is 5.32 Å². The first-order chi connectivity index (χ1) is 12.5. The van der Waals surface area contributed by atoms with E-state index in [4.69, 9.17) is 5.26 Å². The largest absolute Gasteiger partial charge is 0.324 e. The summed E-state index contributed by atoms with van der Waals surface area (Å²) in [5.41, 5.74) is 3.24. The van der Waals surface area contributed by atoms with Gasteiger partial charge in [-0.3, -0.25) is 4.79 Å². The van der Waals surface area contributed by atoms with Gasteiger partial charge in [-0.05, 0) is 41.0 Å². The highest BCUT2D eigenvalue weighted by Crippen LogP contribution is 2.19. The van der Waals surface area contributed by atoms with Crippen LogP contribution >= 0.6 is 0 Å². The minimum Gasteiger partial charge on any atom is -0.324 e. The molecule has 0 aliphatic rings. The van der Waals surface area contributed by atoms with Crippen LogP contribution in [-0.2, 0) is 11.3 Å². The number of tetrazole rings is 1. The molecular formula is C19H18N6O. The molecule has 0 atom stereocenters. The number of aromatic nitrogens is 4. The maximum absolute atomic E-state index is 12.1. The Morgan fingerprint density at radius 2 is 1.85 bits per heavy atom. The summed E-state index contributed by atoms with van der Waals surface area (Å²) in [5, 5.41) is 23.7. The average Bonchev–Trinajstić information content (AvgIpc) is 3.10. The molecule has 0 aliphatic carbocycles. The molecule has 0 spiro atoms. The van der Waals surface area contributed by atoms with Crippen molar-refractivity contribution in [1.82, 2.24) is 20.2 Å². The predicted molar refractivity (Wildman–Crippen MR) is 97.1 cm³/mol. The number of anilines is 1. The van der Waals surface area contributed by atoms with Crippen molar-refractivity contribution in [1.29, 1.82) is 5.26 Å². The molecule has 1 heterocycles. The summed E-state index contributed by atoms with van der Waals surface area (Å²) in [6, 6.07) is 16.6. The number of amides is 1. The van der Waals surface area contributed by atoms with Gasteiger partial charge >= 0.3 is 0 Å². The number of nitrogens with zero attached hydrogens (tertiary/aromatic N) is 5. The van der Waals surface area contributed by atoms with Crippen molar-refractivity contribution in [2.24, 2.45) is 0 Å². The minimum atomic E-state index is -0.270. The molecule has 1 amide bonds. The lowest BCUT2D eigenvalue weighted by atomic mass is 10.0. The molecule has 0 fully saturated rings. The second-order valence-electron chi connectivity index (χ2n) is 6.16. The predicted octanol–water partition coefficient (Wildman–Crippen LogP) is 2.97. The van der Waals surface area contributed by atoms with Gasteiger partial charge in [0.15, 0.2) is 0 Å². The maximum atomic E-state index is 12.1. The van der Waals surface area contributed by atoms with Crippen molar-refractivity contribution in [2.45, 2.75) is 26.3 Å². The molecule has 26 heavy (non-hydrogen) atoms. The molecule has 0 unspecified atom stereocenters. The molecule has 1 aromatic heterocycles. The molecular weight excluding hydrogens is 328 g/mol. The maximum Gasteiger partial charge on any atom is 0.248 e. The van der Waals surface area contributed by atoms with E-state index in [1.807, 2.05) is 30.3 Å². The first-order valence-corrected chi connectivity index (χ1v) is 8.23. The zero-order valence-electron chi connectivity index (χ0n) is 14.5. The second kappa shape index (κ2) is 7.57. The monoisotopic (exact) mass is 346 g/mol. The first-order valence-electron chi connectivity index (χ1n) is 8.23. The first kappa shape index (κ1) is 17.3. The Balaban J connectivity index is 1.64. The van der Waals surface area contributed by atoms with E-state index in [9.17, 15) is 4.79 Å². The molecule has 3 rings (SSSR count). The number of nitrogens with one attached hydrogen (secondary N) is 1. The fraction of sp³-hybridized carbons (Fsp3) is 0.211. The van der Waals surface area contributed by atoms with Crippen LogP contribution in [0.5, 0.6) is 0 Å². The van der Waals surface area contributed by atoms with Crippen molar-refractivity contribution < 1.29 is 4.79 Å². The fourth-order valence-electron chi connectivity index (χ4n) is 2.40. The van der Waals surface area contributed by atoms with Crippen molar-refractivity contribution in [3.05, 3.63) is 59.7 Å². The molecule has 7 nitrogen and oxygen atoms in total. The van der Waals surface area contributed by atoms with Gasteiger partial charge < -0.3 is 5.32 Å². The van der Waals surface area contributed by atoms with Gasteiger partial charge in [-0.25, -0.2) is 0 Å². The summed E-state index contributed by atoms with van der Waals surface area (Å²) in [7, 11) is 0. The standard InChI is InChI=1S/C19H18N6O/c1-13(2)15-5-7-16(8-6-15)19-22-24-25(23-19)12-18(26)21-17-9-3-14(11-20)4-10-17/h3-10,13H,12H2,1-2H3,(H,21,26). The number of hydrogen-bond acceptors (Lipinski definition) is 5. The Morgan fingerprint density at radius 1 is 1.15 bits per heavy atom. The lowest BCUT2D eigenvalue weighted by Gasteiger charge is -2.05. The van der Waals surface area contributed by atoms with Crippen LogP contribution in [0.2, 0.25) is 0 Å². The van der Waals surface area contributed by atoms with E-state index in [1.54, 1.807) is 24.3 Å². The van der Waals surface area contributed by atoms with Gasteiger partial charge in [-0.2, -0.15) is 10.1 Å². The van der Waals surface area contributed by atoms with Crippen LogP contribution in [0, 0.1) is 11.3 Å². The number of rotatable bonds is 5. The Bertz CT molecular complexity index is 935. The van der Waals surface area contributed by atoms with Crippen LogP contribution in [-0.4, -0.2) is 26.1 Å². The highest BCUT2D eigenvalue weighted by atomic mass is 16.2. The second-order valence-corrected chi connectivity index (χ2v) is 6.16. The van der Waals surface area contributed by atoms with Crippen LogP contribution in [0.15, 0.2) is 48.5 Å². The Kier molecular flexibility index (Phi) is 5.04. The summed E-state index contributed by atoms with van der Waals surface area (Å²) in [5.74, 6) is 0.666. The molecule has 2 aromatic carbocycles. The third-order valence-corrected chi connectivity index (χ3v) is 3.87. The van der Waals surface area contributed by atoms with E-state index in [0.717, 1.165) is 5.56 Å². The van der Waals surface area contributed by atoms with Crippen LogP contribution in [0.25, 0.3) is 11.4 Å². The number of carbonyl (C=O) groups is 1. The number of benzene rings is 2. The third kappa shape index (κ3) is 4.11. The molecule has 3 aromatic rings. The van der Waals surface area contributed by atoms with Gasteiger partial charge in [0, 0.05) is 11.3 Å². The SMILES string of the molecule is CC(C)c1ccc(-c2nnn(CC(=O)Nc3ccc(C#N)cc3)n2)cc1. The van der Waals surface area contributed by atoms with E-state index < -0.39 is 0 Å². The van der Waals surface area contributed by atoms with Crippen molar-refractivity contribution in [2.75, 3.05) is 5.32 Å². The molecule has 130 valence electrons. The quantitative estimate of drug-likeness (QED) is 0.766. The minimum absolute atomic E-state index is 0.0446. The summed E-state index contributed by atoms with van der Waals surface area (Å²) in [6.45, 7) is 4.23. The summed E-state index contributed by atoms with van der Waals surface area (Å²) < 4.78 is 0. The summed E-state index contributed by atoms with van der Waals surface area (Å²) >= 11 is 0. The number of carbonyl (C=O) groups excluding carboxylic acids is 1. The zero-order chi connectivity index (χ0) is 18.5. The van der Waals surface area contributed by atoms with E-state index in [2.05, 4.69) is 34.6 Å². The van der Waals surface area contributed by atoms with Gasteiger partial charge in [0.25, 0.3) is 0 Å². The topological polar surface area (TPSA) is 96.5 Å². The average molecular weight is 346 g/mol. The fourth-order valence-corrected chi connectivity index (χ4v) is 2.40. The van der Waals surface area contributed by atoms with Gasteiger partial charge in [0.2, 0.25) is 11.7 Å². The Morgan fingerprint density at radius 3 is 2.46 bits per heavy atom. The highest BCUT2D eigenvalue weighted by molar-refractivity contribution is 5.90. The van der Waals surface area contributed by atoms with E-state index in [-0.39, 0.29) is 12.5 Å². The number of hydrogen-bond donors (Lipinski definition) is 1. The van der Waals surface area contributed by atoms with Crippen LogP contribution in [0.4, 0.5) is 5.69 Å². The normalized spacial score (nSPS) is 10.5. The van der Waals surface area contributed by atoms with Crippen molar-refractivity contribution in [3.63, 3.8) is 0 Å². The summed E-state index contributed by atoms with van der Waals surface area (Å²) in [4.78, 5) is 13.4. The van der Waals surface area contributed by atoms with E-state index in [1.165, 1.54) is 10.4 Å².